The Labute approximate surface area is 145 Å². The van der Waals surface area contributed by atoms with Gasteiger partial charge in [-0.05, 0) is 19.2 Å². The molecule has 1 saturated heterocycles. The molecule has 0 radical (unpaired) electrons. The lowest BCUT2D eigenvalue weighted by atomic mass is 10.1. The van der Waals surface area contributed by atoms with Crippen LogP contribution in [0.15, 0.2) is 30.7 Å². The van der Waals surface area contributed by atoms with E-state index in [2.05, 4.69) is 26.0 Å². The molecule has 2 amide bonds. The van der Waals surface area contributed by atoms with Gasteiger partial charge in [-0.1, -0.05) is 0 Å². The van der Waals surface area contributed by atoms with Gasteiger partial charge in [0.25, 0.3) is 0 Å². The highest BCUT2D eigenvalue weighted by Crippen LogP contribution is 2.17. The number of piperazine rings is 1. The molecule has 1 atom stereocenters. The molecule has 2 aromatic heterocycles. The van der Waals surface area contributed by atoms with E-state index in [1.165, 1.54) is 0 Å². The van der Waals surface area contributed by atoms with Crippen LogP contribution in [0.3, 0.4) is 0 Å². The predicted octanol–water partition coefficient (Wildman–Crippen LogP) is -0.349. The number of pyridine rings is 1. The first kappa shape index (κ1) is 16.9. The molecule has 25 heavy (non-hydrogen) atoms. The first-order valence-electron chi connectivity index (χ1n) is 8.01. The van der Waals surface area contributed by atoms with Crippen molar-refractivity contribution in [3.63, 3.8) is 0 Å². The Morgan fingerprint density at radius 1 is 1.36 bits per heavy atom. The lowest BCUT2D eigenvalue weighted by Crippen LogP contribution is -2.48. The monoisotopic (exact) mass is 343 g/mol. The van der Waals surface area contributed by atoms with Gasteiger partial charge in [-0.3, -0.25) is 14.3 Å². The minimum Gasteiger partial charge on any atom is -0.353 e. The van der Waals surface area contributed by atoms with Crippen LogP contribution in [0.1, 0.15) is 11.6 Å². The van der Waals surface area contributed by atoms with E-state index in [4.69, 9.17) is 0 Å². The average molecular weight is 343 g/mol. The van der Waals surface area contributed by atoms with E-state index in [0.717, 1.165) is 5.56 Å². The van der Waals surface area contributed by atoms with E-state index >= 15 is 0 Å². The third-order valence-corrected chi connectivity index (χ3v) is 3.99. The summed E-state index contributed by atoms with van der Waals surface area (Å²) in [5, 5.41) is 12.7. The smallest absolute Gasteiger partial charge is 0.246 e. The molecule has 132 valence electrons. The highest BCUT2D eigenvalue weighted by Gasteiger charge is 2.21. The fraction of sp³-hybridized carbons (Fsp3) is 0.375. The van der Waals surface area contributed by atoms with Crippen molar-refractivity contribution in [2.24, 2.45) is 7.05 Å². The molecule has 1 aliphatic rings. The molecule has 1 aliphatic heterocycles. The second-order valence-corrected chi connectivity index (χ2v) is 5.83. The third kappa shape index (κ3) is 3.94. The molecule has 0 saturated carbocycles. The number of hydrogen-bond acceptors (Lipinski definition) is 6. The highest BCUT2D eigenvalue weighted by atomic mass is 16.2. The zero-order chi connectivity index (χ0) is 17.8. The van der Waals surface area contributed by atoms with Crippen molar-refractivity contribution in [1.29, 1.82) is 0 Å². The molecular weight excluding hydrogens is 322 g/mol. The molecule has 3 N–H and O–H groups in total. The summed E-state index contributed by atoms with van der Waals surface area (Å²) in [6, 6.07) is 3.08. The molecule has 1 unspecified atom stereocenters. The van der Waals surface area contributed by atoms with Gasteiger partial charge in [0.1, 0.15) is 11.9 Å². The second kappa shape index (κ2) is 7.31. The molecule has 3 heterocycles. The minimum absolute atomic E-state index is 0.0150. The van der Waals surface area contributed by atoms with Crippen LogP contribution in [0.4, 0.5) is 11.5 Å². The Kier molecular flexibility index (Phi) is 4.94. The second-order valence-electron chi connectivity index (χ2n) is 5.83. The number of nitrogens with one attached hydrogen (secondary N) is 3. The number of aromatic nitrogens is 3. The van der Waals surface area contributed by atoms with Gasteiger partial charge in [0.05, 0.1) is 24.6 Å². The quantitative estimate of drug-likeness (QED) is 0.686. The van der Waals surface area contributed by atoms with Gasteiger partial charge < -0.3 is 20.9 Å². The van der Waals surface area contributed by atoms with Crippen molar-refractivity contribution in [2.75, 3.05) is 36.9 Å². The Morgan fingerprint density at radius 3 is 2.80 bits per heavy atom. The predicted molar refractivity (Wildman–Crippen MR) is 93.1 cm³/mol. The molecule has 9 nitrogen and oxygen atoms in total. The van der Waals surface area contributed by atoms with E-state index < -0.39 is 6.04 Å². The third-order valence-electron chi connectivity index (χ3n) is 3.99. The van der Waals surface area contributed by atoms with Crippen molar-refractivity contribution in [1.82, 2.24) is 25.4 Å². The maximum Gasteiger partial charge on any atom is 0.246 e. The van der Waals surface area contributed by atoms with Gasteiger partial charge in [0, 0.05) is 31.9 Å². The SMILES string of the molecule is CNC(C(=O)Nc1ccc(N2CCNC(=O)C2)nc1)c1cnn(C)c1. The number of hydrogen-bond donors (Lipinski definition) is 3. The Hall–Kier alpha value is -2.94. The van der Waals surface area contributed by atoms with Crippen molar-refractivity contribution in [2.45, 2.75) is 6.04 Å². The molecule has 0 spiro atoms. The Morgan fingerprint density at radius 2 is 2.20 bits per heavy atom. The zero-order valence-corrected chi connectivity index (χ0v) is 14.2. The van der Waals surface area contributed by atoms with E-state index in [0.29, 0.717) is 31.1 Å². The van der Waals surface area contributed by atoms with Crippen LogP contribution in [0, 0.1) is 0 Å². The van der Waals surface area contributed by atoms with Crippen LogP contribution in [0.25, 0.3) is 0 Å². The molecule has 0 aromatic carbocycles. The van der Waals surface area contributed by atoms with E-state index in [9.17, 15) is 9.59 Å². The van der Waals surface area contributed by atoms with Crippen molar-refractivity contribution >= 4 is 23.3 Å². The van der Waals surface area contributed by atoms with Crippen molar-refractivity contribution in [3.8, 4) is 0 Å². The van der Waals surface area contributed by atoms with E-state index in [1.54, 1.807) is 49.5 Å². The van der Waals surface area contributed by atoms with Crippen molar-refractivity contribution in [3.05, 3.63) is 36.3 Å². The number of aryl methyl sites for hydroxylation is 1. The average Bonchev–Trinajstić information content (AvgIpc) is 3.02. The molecule has 1 fully saturated rings. The molecule has 0 aliphatic carbocycles. The number of amides is 2. The lowest BCUT2D eigenvalue weighted by Gasteiger charge is -2.27. The minimum atomic E-state index is -0.501. The van der Waals surface area contributed by atoms with Crippen LogP contribution < -0.4 is 20.9 Å². The summed E-state index contributed by atoms with van der Waals surface area (Å²) in [5.74, 6) is 0.506. The number of nitrogens with zero attached hydrogens (tertiary/aromatic N) is 4. The number of carbonyl (C=O) groups excluding carboxylic acids is 2. The molecule has 0 bridgehead atoms. The summed E-state index contributed by atoms with van der Waals surface area (Å²) < 4.78 is 1.65. The Balaban J connectivity index is 1.66. The van der Waals surface area contributed by atoms with Gasteiger partial charge in [-0.15, -0.1) is 0 Å². The first-order chi connectivity index (χ1) is 12.1. The van der Waals surface area contributed by atoms with Gasteiger partial charge in [0.2, 0.25) is 11.8 Å². The molecular formula is C16H21N7O2. The van der Waals surface area contributed by atoms with Crippen molar-refractivity contribution < 1.29 is 9.59 Å². The van der Waals surface area contributed by atoms with Gasteiger partial charge in [-0.2, -0.15) is 5.10 Å². The number of rotatable bonds is 5. The highest BCUT2D eigenvalue weighted by molar-refractivity contribution is 5.95. The normalized spacial score (nSPS) is 15.6. The summed E-state index contributed by atoms with van der Waals surface area (Å²) in [4.78, 5) is 30.2. The topological polar surface area (TPSA) is 104 Å². The summed E-state index contributed by atoms with van der Waals surface area (Å²) in [7, 11) is 3.53. The Bertz CT molecular complexity index is 756. The first-order valence-corrected chi connectivity index (χ1v) is 8.01. The molecule has 3 rings (SSSR count). The van der Waals surface area contributed by atoms with Gasteiger partial charge in [-0.25, -0.2) is 4.98 Å². The van der Waals surface area contributed by atoms with Crippen LogP contribution in [-0.4, -0.2) is 53.3 Å². The summed E-state index contributed by atoms with van der Waals surface area (Å²) in [6.07, 6.45) is 5.04. The van der Waals surface area contributed by atoms with Crippen LogP contribution in [-0.2, 0) is 16.6 Å². The van der Waals surface area contributed by atoms with Gasteiger partial charge in [0.15, 0.2) is 0 Å². The number of anilines is 2. The maximum atomic E-state index is 12.5. The maximum absolute atomic E-state index is 12.5. The fourth-order valence-electron chi connectivity index (χ4n) is 2.73. The van der Waals surface area contributed by atoms with Gasteiger partial charge >= 0.3 is 0 Å². The zero-order valence-electron chi connectivity index (χ0n) is 14.2. The lowest BCUT2D eigenvalue weighted by molar-refractivity contribution is -0.120. The van der Waals surface area contributed by atoms with Crippen LogP contribution in [0.2, 0.25) is 0 Å². The summed E-state index contributed by atoms with van der Waals surface area (Å²) in [6.45, 7) is 1.61. The fourth-order valence-corrected chi connectivity index (χ4v) is 2.73. The molecule has 9 heteroatoms. The number of carbonyl (C=O) groups is 2. The standard InChI is InChI=1S/C16H21N7O2/c1-17-15(11-7-20-22(2)9-11)16(25)21-12-3-4-13(19-8-12)23-6-5-18-14(24)10-23/h3-4,7-9,15,17H,5-6,10H2,1-2H3,(H,18,24)(H,21,25). The molecule has 2 aromatic rings. The number of likely N-dealkylation sites (N-methyl/N-ethyl adjacent to an activating group) is 1. The summed E-state index contributed by atoms with van der Waals surface area (Å²) >= 11 is 0. The van der Waals surface area contributed by atoms with Crippen LogP contribution >= 0.6 is 0 Å². The van der Waals surface area contributed by atoms with Crippen LogP contribution in [0.5, 0.6) is 0 Å². The summed E-state index contributed by atoms with van der Waals surface area (Å²) in [5.41, 5.74) is 1.38. The van der Waals surface area contributed by atoms with E-state index in [1.807, 2.05) is 4.90 Å². The van der Waals surface area contributed by atoms with E-state index in [-0.39, 0.29) is 11.8 Å². The largest absolute Gasteiger partial charge is 0.353 e.